The Bertz CT molecular complexity index is 1090. The van der Waals surface area contributed by atoms with Gasteiger partial charge in [-0.1, -0.05) is 12.1 Å². The minimum absolute atomic E-state index is 0.193. The predicted molar refractivity (Wildman–Crippen MR) is 103 cm³/mol. The topological polar surface area (TPSA) is 104 Å². The van der Waals surface area contributed by atoms with E-state index in [1.54, 1.807) is 52.3 Å². The highest BCUT2D eigenvalue weighted by Crippen LogP contribution is 2.22. The summed E-state index contributed by atoms with van der Waals surface area (Å²) in [5.74, 6) is -0.457. The molecule has 1 atom stereocenters. The van der Waals surface area contributed by atoms with Gasteiger partial charge in [0.05, 0.1) is 42.7 Å². The van der Waals surface area contributed by atoms with Crippen molar-refractivity contribution < 1.29 is 9.59 Å². The van der Waals surface area contributed by atoms with Gasteiger partial charge in [0.1, 0.15) is 6.04 Å². The lowest BCUT2D eigenvalue weighted by molar-refractivity contribution is -0.125. The average molecular weight is 386 g/mol. The number of nitrogens with zero attached hydrogens (tertiary/aromatic N) is 5. The van der Waals surface area contributed by atoms with E-state index >= 15 is 0 Å². The van der Waals surface area contributed by atoms with Crippen LogP contribution in [0.2, 0.25) is 0 Å². The number of rotatable bonds is 4. The number of benzene rings is 1. The molecule has 1 unspecified atom stereocenters. The molecule has 1 aromatic carbocycles. The van der Waals surface area contributed by atoms with Crippen LogP contribution in [0.4, 0.5) is 0 Å². The Hall–Kier alpha value is -3.99. The minimum atomic E-state index is -0.638. The van der Waals surface area contributed by atoms with Gasteiger partial charge >= 0.3 is 0 Å². The standard InChI is InChI=1S/C21H18N6O2/c22-11-15-4-3-5-16(10-15)21(29)26-13-18-7-9-25-27(18)19(14-26)20(28)24-12-17-6-1-2-8-23-17/h1-10,19H,12-14H2,(H,24,28). The minimum Gasteiger partial charge on any atom is -0.349 e. The summed E-state index contributed by atoms with van der Waals surface area (Å²) in [5.41, 5.74) is 2.37. The predicted octanol–water partition coefficient (Wildman–Crippen LogP) is 1.66. The number of carbonyl (C=O) groups is 2. The number of nitriles is 1. The Balaban J connectivity index is 1.53. The molecule has 2 aromatic heterocycles. The third-order valence-electron chi connectivity index (χ3n) is 4.79. The maximum atomic E-state index is 13.0. The fourth-order valence-electron chi connectivity index (χ4n) is 3.34. The molecule has 3 aromatic rings. The first kappa shape index (κ1) is 18.4. The molecule has 0 fully saturated rings. The zero-order chi connectivity index (χ0) is 20.2. The zero-order valence-electron chi connectivity index (χ0n) is 15.5. The highest BCUT2D eigenvalue weighted by atomic mass is 16.2. The molecular weight excluding hydrogens is 368 g/mol. The number of aromatic nitrogens is 3. The van der Waals surface area contributed by atoms with E-state index in [1.807, 2.05) is 24.3 Å². The Labute approximate surface area is 167 Å². The second-order valence-corrected chi connectivity index (χ2v) is 6.70. The lowest BCUT2D eigenvalue weighted by Gasteiger charge is -2.33. The molecule has 0 saturated carbocycles. The van der Waals surface area contributed by atoms with Crippen molar-refractivity contribution in [3.05, 3.63) is 83.4 Å². The fraction of sp³-hybridized carbons (Fsp3) is 0.190. The van der Waals surface area contributed by atoms with Gasteiger partial charge in [0.2, 0.25) is 5.91 Å². The van der Waals surface area contributed by atoms with Crippen LogP contribution < -0.4 is 5.32 Å². The van der Waals surface area contributed by atoms with Crippen molar-refractivity contribution in [1.29, 1.82) is 5.26 Å². The van der Waals surface area contributed by atoms with Crippen LogP contribution in [0.15, 0.2) is 60.9 Å². The average Bonchev–Trinajstić information content (AvgIpc) is 3.25. The Kier molecular flexibility index (Phi) is 5.03. The van der Waals surface area contributed by atoms with Gasteiger partial charge in [0, 0.05) is 18.0 Å². The number of carbonyl (C=O) groups excluding carboxylic acids is 2. The number of pyridine rings is 1. The van der Waals surface area contributed by atoms with Crippen molar-refractivity contribution in [3.8, 4) is 6.07 Å². The van der Waals surface area contributed by atoms with E-state index in [1.165, 1.54) is 0 Å². The molecule has 144 valence electrons. The number of amides is 2. The van der Waals surface area contributed by atoms with Gasteiger partial charge in [0.15, 0.2) is 0 Å². The normalized spacial score (nSPS) is 15.3. The number of hydrogen-bond acceptors (Lipinski definition) is 5. The van der Waals surface area contributed by atoms with Crippen LogP contribution >= 0.6 is 0 Å². The smallest absolute Gasteiger partial charge is 0.254 e. The summed E-state index contributed by atoms with van der Waals surface area (Å²) in [7, 11) is 0. The SMILES string of the molecule is N#Cc1cccc(C(=O)N2Cc3ccnn3C(C(=O)NCc3ccccn3)C2)c1. The van der Waals surface area contributed by atoms with Crippen molar-refractivity contribution in [1.82, 2.24) is 25.0 Å². The van der Waals surface area contributed by atoms with Gasteiger partial charge in [-0.3, -0.25) is 19.3 Å². The Morgan fingerprint density at radius 1 is 1.17 bits per heavy atom. The molecule has 0 radical (unpaired) electrons. The quantitative estimate of drug-likeness (QED) is 0.734. The molecule has 8 heteroatoms. The Morgan fingerprint density at radius 3 is 2.86 bits per heavy atom. The first-order valence-corrected chi connectivity index (χ1v) is 9.15. The van der Waals surface area contributed by atoms with Crippen LogP contribution in [-0.2, 0) is 17.9 Å². The maximum Gasteiger partial charge on any atom is 0.254 e. The van der Waals surface area contributed by atoms with Crippen LogP contribution in [0, 0.1) is 11.3 Å². The van der Waals surface area contributed by atoms with E-state index in [2.05, 4.69) is 15.4 Å². The zero-order valence-corrected chi connectivity index (χ0v) is 15.5. The molecule has 4 rings (SSSR count). The molecule has 1 aliphatic heterocycles. The third-order valence-corrected chi connectivity index (χ3v) is 4.79. The van der Waals surface area contributed by atoms with E-state index in [4.69, 9.17) is 5.26 Å². The van der Waals surface area contributed by atoms with Crippen molar-refractivity contribution in [2.45, 2.75) is 19.1 Å². The van der Waals surface area contributed by atoms with Crippen molar-refractivity contribution in [2.24, 2.45) is 0 Å². The van der Waals surface area contributed by atoms with E-state index < -0.39 is 6.04 Å². The van der Waals surface area contributed by atoms with Crippen LogP contribution in [0.5, 0.6) is 0 Å². The molecule has 0 saturated heterocycles. The van der Waals surface area contributed by atoms with Gasteiger partial charge < -0.3 is 10.2 Å². The fourth-order valence-corrected chi connectivity index (χ4v) is 3.34. The van der Waals surface area contributed by atoms with Gasteiger partial charge in [-0.25, -0.2) is 0 Å². The maximum absolute atomic E-state index is 13.0. The van der Waals surface area contributed by atoms with E-state index in [-0.39, 0.29) is 18.4 Å². The summed E-state index contributed by atoms with van der Waals surface area (Å²) in [4.78, 5) is 31.7. The van der Waals surface area contributed by atoms with Gasteiger partial charge in [-0.2, -0.15) is 10.4 Å². The van der Waals surface area contributed by atoms with E-state index in [0.29, 0.717) is 24.2 Å². The summed E-state index contributed by atoms with van der Waals surface area (Å²) >= 11 is 0. The summed E-state index contributed by atoms with van der Waals surface area (Å²) in [6, 6.07) is 15.3. The van der Waals surface area contributed by atoms with Gasteiger partial charge in [-0.05, 0) is 36.4 Å². The highest BCUT2D eigenvalue weighted by molar-refractivity contribution is 5.95. The summed E-state index contributed by atoms with van der Waals surface area (Å²) in [5, 5.41) is 16.2. The van der Waals surface area contributed by atoms with Gasteiger partial charge in [-0.15, -0.1) is 0 Å². The molecule has 8 nitrogen and oxygen atoms in total. The molecule has 0 aliphatic carbocycles. The van der Waals surface area contributed by atoms with Gasteiger partial charge in [0.25, 0.3) is 5.91 Å². The van der Waals surface area contributed by atoms with Crippen molar-refractivity contribution >= 4 is 11.8 Å². The molecule has 1 aliphatic rings. The lowest BCUT2D eigenvalue weighted by Crippen LogP contribution is -2.47. The lowest BCUT2D eigenvalue weighted by atomic mass is 10.1. The molecule has 29 heavy (non-hydrogen) atoms. The number of nitrogens with one attached hydrogen (secondary N) is 1. The molecule has 3 heterocycles. The Morgan fingerprint density at radius 2 is 2.07 bits per heavy atom. The first-order chi connectivity index (χ1) is 14.2. The first-order valence-electron chi connectivity index (χ1n) is 9.15. The third kappa shape index (κ3) is 3.84. The van der Waals surface area contributed by atoms with E-state index in [0.717, 1.165) is 11.4 Å². The highest BCUT2D eigenvalue weighted by Gasteiger charge is 2.33. The largest absolute Gasteiger partial charge is 0.349 e. The van der Waals surface area contributed by atoms with Crippen LogP contribution in [0.1, 0.15) is 33.4 Å². The van der Waals surface area contributed by atoms with E-state index in [9.17, 15) is 9.59 Å². The van der Waals surface area contributed by atoms with Crippen molar-refractivity contribution in [2.75, 3.05) is 6.54 Å². The second-order valence-electron chi connectivity index (χ2n) is 6.70. The molecule has 0 bridgehead atoms. The summed E-state index contributed by atoms with van der Waals surface area (Å²) < 4.78 is 1.66. The van der Waals surface area contributed by atoms with Crippen LogP contribution in [0.25, 0.3) is 0 Å². The monoisotopic (exact) mass is 386 g/mol. The molecular formula is C21H18N6O2. The molecule has 1 N–H and O–H groups in total. The summed E-state index contributed by atoms with van der Waals surface area (Å²) in [6.45, 7) is 0.836. The molecule has 0 spiro atoms. The second kappa shape index (κ2) is 7.94. The number of hydrogen-bond donors (Lipinski definition) is 1. The molecule has 2 amide bonds. The van der Waals surface area contributed by atoms with Crippen LogP contribution in [-0.4, -0.2) is 38.0 Å². The van der Waals surface area contributed by atoms with Crippen molar-refractivity contribution in [3.63, 3.8) is 0 Å². The number of fused-ring (bicyclic) bond motifs is 1. The summed E-state index contributed by atoms with van der Waals surface area (Å²) in [6.07, 6.45) is 3.29. The van der Waals surface area contributed by atoms with Crippen LogP contribution in [0.3, 0.4) is 0 Å².